The number of pyridine rings is 1. The van der Waals surface area contributed by atoms with Gasteiger partial charge in [0.15, 0.2) is 0 Å². The van der Waals surface area contributed by atoms with Crippen molar-refractivity contribution in [2.75, 3.05) is 20.1 Å². The fraction of sp³-hybridized carbons (Fsp3) is 0.417. The second kappa shape index (κ2) is 11.9. The van der Waals surface area contributed by atoms with Crippen molar-refractivity contribution >= 4 is 24.9 Å². The number of aliphatic hydroxyl groups is 1. The second-order valence-electron chi connectivity index (χ2n) is 8.60. The van der Waals surface area contributed by atoms with Gasteiger partial charge in [-0.1, -0.05) is 36.4 Å². The Morgan fingerprint density at radius 3 is 2.60 bits per heavy atom. The highest BCUT2D eigenvalue weighted by Crippen LogP contribution is 2.16. The van der Waals surface area contributed by atoms with Gasteiger partial charge in [0.05, 0.1) is 18.2 Å². The van der Waals surface area contributed by atoms with E-state index in [1.54, 1.807) is 19.1 Å². The molecule has 1 unspecified atom stereocenters. The Morgan fingerprint density at radius 1 is 1.20 bits per heavy atom. The van der Waals surface area contributed by atoms with Gasteiger partial charge in [0.2, 0.25) is 5.91 Å². The molecule has 4 atom stereocenters. The van der Waals surface area contributed by atoms with Crippen molar-refractivity contribution in [3.63, 3.8) is 0 Å². The van der Waals surface area contributed by atoms with Crippen LogP contribution in [-0.2, 0) is 18.9 Å². The molecular formula is C24H31BN4O6. The first-order valence-electron chi connectivity index (χ1n) is 11.5. The summed E-state index contributed by atoms with van der Waals surface area (Å²) < 4.78 is 11.0. The minimum atomic E-state index is -1.25. The van der Waals surface area contributed by atoms with Crippen molar-refractivity contribution < 1.29 is 28.8 Å². The van der Waals surface area contributed by atoms with Crippen LogP contribution in [0.5, 0.6) is 0 Å². The van der Waals surface area contributed by atoms with Gasteiger partial charge in [-0.3, -0.25) is 19.3 Å². The van der Waals surface area contributed by atoms with Gasteiger partial charge in [0, 0.05) is 18.2 Å². The number of rotatable bonds is 7. The fourth-order valence-corrected chi connectivity index (χ4v) is 3.52. The SMILES string of the molecule is C[C@@H]1C(=O)OB(CNC(=O)C(NC(=O)c2cccc(-c3ccccc3)n2)[C@@H](C)O)OC[C@H](C)N1C. The number of nitrogens with one attached hydrogen (secondary N) is 2. The summed E-state index contributed by atoms with van der Waals surface area (Å²) >= 11 is 0. The van der Waals surface area contributed by atoms with E-state index in [-0.39, 0.29) is 18.2 Å². The smallest absolute Gasteiger partial charge is 0.507 e. The van der Waals surface area contributed by atoms with Gasteiger partial charge in [0.25, 0.3) is 5.91 Å². The van der Waals surface area contributed by atoms with Crippen LogP contribution in [-0.4, -0.2) is 84.2 Å². The lowest BCUT2D eigenvalue weighted by Crippen LogP contribution is -2.56. The summed E-state index contributed by atoms with van der Waals surface area (Å²) in [5.74, 6) is -1.72. The van der Waals surface area contributed by atoms with Crippen LogP contribution < -0.4 is 10.6 Å². The monoisotopic (exact) mass is 482 g/mol. The van der Waals surface area contributed by atoms with Crippen LogP contribution >= 0.6 is 0 Å². The Morgan fingerprint density at radius 2 is 1.91 bits per heavy atom. The quantitative estimate of drug-likeness (QED) is 0.491. The van der Waals surface area contributed by atoms with E-state index in [9.17, 15) is 19.5 Å². The number of likely N-dealkylation sites (N-methyl/N-ethyl adjacent to an activating group) is 1. The maximum absolute atomic E-state index is 12.8. The molecule has 1 saturated heterocycles. The van der Waals surface area contributed by atoms with Crippen LogP contribution in [0.1, 0.15) is 31.3 Å². The van der Waals surface area contributed by atoms with Crippen LogP contribution in [0.2, 0.25) is 0 Å². The molecule has 0 aliphatic carbocycles. The van der Waals surface area contributed by atoms with Crippen LogP contribution in [0, 0.1) is 0 Å². The first kappa shape index (κ1) is 26.3. The lowest BCUT2D eigenvalue weighted by molar-refractivity contribution is -0.144. The molecule has 2 heterocycles. The van der Waals surface area contributed by atoms with Crippen molar-refractivity contribution in [1.29, 1.82) is 0 Å². The Balaban J connectivity index is 1.63. The van der Waals surface area contributed by atoms with Gasteiger partial charge < -0.3 is 25.0 Å². The highest BCUT2D eigenvalue weighted by molar-refractivity contribution is 6.47. The lowest BCUT2D eigenvalue weighted by atomic mass is 9.88. The summed E-state index contributed by atoms with van der Waals surface area (Å²) in [6.45, 7) is 5.35. The highest BCUT2D eigenvalue weighted by atomic mass is 16.6. The summed E-state index contributed by atoms with van der Waals surface area (Å²) in [5.41, 5.74) is 1.55. The van der Waals surface area contributed by atoms with Gasteiger partial charge in [0.1, 0.15) is 17.8 Å². The average molecular weight is 482 g/mol. The number of aromatic nitrogens is 1. The topological polar surface area (TPSA) is 130 Å². The molecule has 11 heteroatoms. The Labute approximate surface area is 205 Å². The van der Waals surface area contributed by atoms with Crippen LogP contribution in [0.4, 0.5) is 0 Å². The average Bonchev–Trinajstić information content (AvgIpc) is 2.87. The molecule has 10 nitrogen and oxygen atoms in total. The standard InChI is InChI=1S/C24H31BN4O6/c1-15-13-34-25(35-24(33)16(2)29(15)4)14-26-23(32)21(17(3)30)28-22(31)20-12-8-11-19(27-20)18-9-6-5-7-10-18/h5-12,15-17,21,30H,13-14H2,1-4H3,(H,26,32)(H,28,31)/t15-,16+,17+,21?/m0/s1. The lowest BCUT2D eigenvalue weighted by Gasteiger charge is -2.33. The summed E-state index contributed by atoms with van der Waals surface area (Å²) in [5, 5.41) is 15.3. The molecule has 0 spiro atoms. The minimum Gasteiger partial charge on any atom is -0.507 e. The second-order valence-corrected chi connectivity index (χ2v) is 8.60. The third-order valence-corrected chi connectivity index (χ3v) is 5.96. The van der Waals surface area contributed by atoms with Crippen molar-refractivity contribution in [2.24, 2.45) is 0 Å². The summed E-state index contributed by atoms with van der Waals surface area (Å²) in [6.07, 6.45) is -1.32. The molecule has 0 bridgehead atoms. The zero-order valence-electron chi connectivity index (χ0n) is 20.3. The molecule has 2 amide bonds. The summed E-state index contributed by atoms with van der Waals surface area (Å²) in [7, 11) is 0.821. The Hall–Kier alpha value is -3.28. The first-order valence-corrected chi connectivity index (χ1v) is 11.5. The van der Waals surface area contributed by atoms with Gasteiger partial charge in [-0.2, -0.15) is 0 Å². The van der Waals surface area contributed by atoms with Crippen LogP contribution in [0.3, 0.4) is 0 Å². The predicted molar refractivity (Wildman–Crippen MR) is 130 cm³/mol. The predicted octanol–water partition coefficient (Wildman–Crippen LogP) is 0.654. The Bertz CT molecular complexity index is 1040. The number of nitrogens with zero attached hydrogens (tertiary/aromatic N) is 2. The maximum atomic E-state index is 12.8. The van der Waals surface area contributed by atoms with E-state index in [2.05, 4.69) is 15.6 Å². The molecule has 3 N–H and O–H groups in total. The normalized spacial score (nSPS) is 20.7. The van der Waals surface area contributed by atoms with E-state index in [1.165, 1.54) is 13.0 Å². The van der Waals surface area contributed by atoms with E-state index >= 15 is 0 Å². The number of carbonyl (C=O) groups excluding carboxylic acids is 3. The van der Waals surface area contributed by atoms with E-state index in [1.807, 2.05) is 49.2 Å². The van der Waals surface area contributed by atoms with E-state index in [0.29, 0.717) is 12.3 Å². The molecule has 1 aliphatic rings. The number of hydrogen-bond donors (Lipinski definition) is 3. The summed E-state index contributed by atoms with van der Waals surface area (Å²) in [6, 6.07) is 12.6. The van der Waals surface area contributed by atoms with Crippen molar-refractivity contribution in [3.05, 3.63) is 54.2 Å². The van der Waals surface area contributed by atoms with Gasteiger partial charge in [-0.05, 0) is 40.0 Å². The molecule has 0 radical (unpaired) electrons. The Kier molecular flexibility index (Phi) is 8.97. The number of carbonyl (C=O) groups is 3. The third-order valence-electron chi connectivity index (χ3n) is 5.96. The van der Waals surface area contributed by atoms with Crippen molar-refractivity contribution in [3.8, 4) is 11.3 Å². The number of benzene rings is 1. The molecule has 3 rings (SSSR count). The van der Waals surface area contributed by atoms with Crippen LogP contribution in [0.25, 0.3) is 11.3 Å². The first-order chi connectivity index (χ1) is 16.7. The molecule has 1 fully saturated rings. The molecule has 1 aromatic carbocycles. The highest BCUT2D eigenvalue weighted by Gasteiger charge is 2.35. The molecular weight excluding hydrogens is 451 g/mol. The molecule has 1 aromatic heterocycles. The van der Waals surface area contributed by atoms with Crippen molar-refractivity contribution in [1.82, 2.24) is 20.5 Å². The van der Waals surface area contributed by atoms with Gasteiger partial charge in [-0.15, -0.1) is 0 Å². The fourth-order valence-electron chi connectivity index (χ4n) is 3.52. The molecule has 2 aromatic rings. The van der Waals surface area contributed by atoms with Crippen LogP contribution in [0.15, 0.2) is 48.5 Å². The van der Waals surface area contributed by atoms with Crippen molar-refractivity contribution in [2.45, 2.75) is 45.0 Å². The minimum absolute atomic E-state index is 0.0281. The largest absolute Gasteiger partial charge is 0.547 e. The zero-order valence-corrected chi connectivity index (χ0v) is 20.3. The number of amides is 2. The molecule has 35 heavy (non-hydrogen) atoms. The van der Waals surface area contributed by atoms with E-state index < -0.39 is 43.1 Å². The number of aliphatic hydroxyl groups excluding tert-OH is 1. The molecule has 1 aliphatic heterocycles. The maximum Gasteiger partial charge on any atom is 0.547 e. The van der Waals surface area contributed by atoms with E-state index in [0.717, 1.165) is 5.56 Å². The molecule has 186 valence electrons. The third kappa shape index (κ3) is 6.88. The van der Waals surface area contributed by atoms with Gasteiger partial charge in [-0.25, -0.2) is 4.98 Å². The summed E-state index contributed by atoms with van der Waals surface area (Å²) in [4.78, 5) is 44.1. The molecule has 0 saturated carbocycles. The van der Waals surface area contributed by atoms with E-state index in [4.69, 9.17) is 9.31 Å². The zero-order chi connectivity index (χ0) is 25.5. The van der Waals surface area contributed by atoms with Gasteiger partial charge >= 0.3 is 13.1 Å². The number of hydrogen-bond acceptors (Lipinski definition) is 8.